The second-order valence-corrected chi connectivity index (χ2v) is 6.89. The molecule has 2 N–H and O–H groups in total. The molecule has 19 heavy (non-hydrogen) atoms. The zero-order valence-corrected chi connectivity index (χ0v) is 12.2. The van der Waals surface area contributed by atoms with Gasteiger partial charge in [0, 0.05) is 19.6 Å². The van der Waals surface area contributed by atoms with Gasteiger partial charge in [-0.25, -0.2) is 13.1 Å². The first-order valence-corrected chi connectivity index (χ1v) is 8.53. The van der Waals surface area contributed by atoms with Crippen molar-refractivity contribution in [3.05, 3.63) is 35.4 Å². The van der Waals surface area contributed by atoms with E-state index in [1.54, 1.807) is 6.92 Å². The van der Waals surface area contributed by atoms with Crippen LogP contribution in [0.3, 0.4) is 0 Å². The van der Waals surface area contributed by atoms with Gasteiger partial charge in [0.05, 0.1) is 5.75 Å². The molecule has 1 saturated carbocycles. The van der Waals surface area contributed by atoms with E-state index < -0.39 is 10.0 Å². The van der Waals surface area contributed by atoms with Crippen molar-refractivity contribution in [2.24, 2.45) is 0 Å². The summed E-state index contributed by atoms with van der Waals surface area (Å²) in [5, 5.41) is 3.22. The van der Waals surface area contributed by atoms with Crippen LogP contribution in [0.1, 0.15) is 36.8 Å². The molecule has 4 nitrogen and oxygen atoms in total. The molecule has 1 aliphatic carbocycles. The van der Waals surface area contributed by atoms with Crippen molar-refractivity contribution in [3.63, 3.8) is 0 Å². The zero-order valence-electron chi connectivity index (χ0n) is 11.4. The highest BCUT2D eigenvalue weighted by Gasteiger charge is 2.25. The standard InChI is InChI=1S/C14H22N2O2S/c1-2-16-19(17,18)10-9-15-11-13-5-3-4-6-14(13)12-7-8-12/h3-6,12,15-16H,2,7-11H2,1H3. The van der Waals surface area contributed by atoms with E-state index in [0.717, 1.165) is 12.5 Å². The summed E-state index contributed by atoms with van der Waals surface area (Å²) in [5.74, 6) is 0.857. The Morgan fingerprint density at radius 1 is 1.26 bits per heavy atom. The smallest absolute Gasteiger partial charge is 0.212 e. The van der Waals surface area contributed by atoms with Crippen LogP contribution < -0.4 is 10.0 Å². The molecule has 0 radical (unpaired) electrons. The van der Waals surface area contributed by atoms with Crippen LogP contribution in [0.4, 0.5) is 0 Å². The van der Waals surface area contributed by atoms with E-state index in [1.807, 2.05) is 6.07 Å². The van der Waals surface area contributed by atoms with Gasteiger partial charge in [-0.2, -0.15) is 0 Å². The maximum atomic E-state index is 11.5. The number of hydrogen-bond acceptors (Lipinski definition) is 3. The van der Waals surface area contributed by atoms with Crippen molar-refractivity contribution in [3.8, 4) is 0 Å². The highest BCUT2D eigenvalue weighted by molar-refractivity contribution is 7.89. The molecule has 1 aromatic carbocycles. The Hall–Kier alpha value is -0.910. The lowest BCUT2D eigenvalue weighted by molar-refractivity contribution is 0.578. The van der Waals surface area contributed by atoms with Crippen molar-refractivity contribution in [1.29, 1.82) is 0 Å². The van der Waals surface area contributed by atoms with Crippen molar-refractivity contribution in [2.45, 2.75) is 32.2 Å². The third kappa shape index (κ3) is 4.60. The first-order chi connectivity index (χ1) is 9.12. The minimum Gasteiger partial charge on any atom is -0.312 e. The second kappa shape index (κ2) is 6.50. The molecule has 0 amide bonds. The fraction of sp³-hybridized carbons (Fsp3) is 0.571. The molecule has 0 aromatic heterocycles. The Balaban J connectivity index is 1.80. The average Bonchev–Trinajstić information content (AvgIpc) is 3.19. The van der Waals surface area contributed by atoms with Crippen molar-refractivity contribution in [1.82, 2.24) is 10.0 Å². The summed E-state index contributed by atoms with van der Waals surface area (Å²) in [6.45, 7) is 3.46. The van der Waals surface area contributed by atoms with Gasteiger partial charge in [-0.15, -0.1) is 0 Å². The zero-order chi connectivity index (χ0) is 13.7. The highest BCUT2D eigenvalue weighted by atomic mass is 32.2. The van der Waals surface area contributed by atoms with Crippen molar-refractivity contribution < 1.29 is 8.42 Å². The van der Waals surface area contributed by atoms with Crippen LogP contribution in [-0.4, -0.2) is 27.3 Å². The normalized spacial score (nSPS) is 15.6. The fourth-order valence-electron chi connectivity index (χ4n) is 2.21. The summed E-state index contributed by atoms with van der Waals surface area (Å²) in [7, 11) is -3.11. The lowest BCUT2D eigenvalue weighted by atomic mass is 10.0. The van der Waals surface area contributed by atoms with Gasteiger partial charge < -0.3 is 5.32 Å². The van der Waals surface area contributed by atoms with Gasteiger partial charge in [0.25, 0.3) is 0 Å². The molecule has 106 valence electrons. The van der Waals surface area contributed by atoms with E-state index in [4.69, 9.17) is 0 Å². The molecule has 1 fully saturated rings. The Bertz CT molecular complexity index is 510. The minimum atomic E-state index is -3.11. The van der Waals surface area contributed by atoms with E-state index in [1.165, 1.54) is 24.0 Å². The summed E-state index contributed by atoms with van der Waals surface area (Å²) < 4.78 is 25.4. The summed E-state index contributed by atoms with van der Waals surface area (Å²) in [4.78, 5) is 0. The van der Waals surface area contributed by atoms with Gasteiger partial charge in [-0.05, 0) is 29.9 Å². The molecular formula is C14H22N2O2S. The van der Waals surface area contributed by atoms with Crippen LogP contribution in [0.5, 0.6) is 0 Å². The number of sulfonamides is 1. The topological polar surface area (TPSA) is 58.2 Å². The third-order valence-electron chi connectivity index (χ3n) is 3.30. The predicted molar refractivity (Wildman–Crippen MR) is 77.6 cm³/mol. The van der Waals surface area contributed by atoms with Gasteiger partial charge in [0.2, 0.25) is 10.0 Å². The van der Waals surface area contributed by atoms with E-state index in [2.05, 4.69) is 28.2 Å². The Labute approximate surface area is 115 Å². The van der Waals surface area contributed by atoms with Crippen LogP contribution in [0.25, 0.3) is 0 Å². The lowest BCUT2D eigenvalue weighted by Crippen LogP contribution is -2.31. The highest BCUT2D eigenvalue weighted by Crippen LogP contribution is 2.41. The van der Waals surface area contributed by atoms with Crippen LogP contribution in [0, 0.1) is 0 Å². The van der Waals surface area contributed by atoms with Crippen LogP contribution >= 0.6 is 0 Å². The molecule has 1 aromatic rings. The van der Waals surface area contributed by atoms with Crippen LogP contribution in [0.2, 0.25) is 0 Å². The Kier molecular flexibility index (Phi) is 4.96. The van der Waals surface area contributed by atoms with Gasteiger partial charge in [0.1, 0.15) is 0 Å². The second-order valence-electron chi connectivity index (χ2n) is 4.97. The lowest BCUT2D eigenvalue weighted by Gasteiger charge is -2.10. The molecule has 0 unspecified atom stereocenters. The maximum absolute atomic E-state index is 11.5. The molecule has 0 aliphatic heterocycles. The van der Waals surface area contributed by atoms with Gasteiger partial charge in [0.15, 0.2) is 0 Å². The number of nitrogens with one attached hydrogen (secondary N) is 2. The van der Waals surface area contributed by atoms with E-state index in [0.29, 0.717) is 13.1 Å². The number of benzene rings is 1. The van der Waals surface area contributed by atoms with Gasteiger partial charge in [-0.1, -0.05) is 31.2 Å². The quantitative estimate of drug-likeness (QED) is 0.712. The summed E-state index contributed by atoms with van der Waals surface area (Å²) >= 11 is 0. The first kappa shape index (κ1) is 14.5. The summed E-state index contributed by atoms with van der Waals surface area (Å²) in [6, 6.07) is 8.43. The first-order valence-electron chi connectivity index (χ1n) is 6.88. The van der Waals surface area contributed by atoms with E-state index in [-0.39, 0.29) is 5.75 Å². The minimum absolute atomic E-state index is 0.131. The molecule has 0 bridgehead atoms. The van der Waals surface area contributed by atoms with Crippen LogP contribution in [-0.2, 0) is 16.6 Å². The largest absolute Gasteiger partial charge is 0.312 e. The van der Waals surface area contributed by atoms with Crippen molar-refractivity contribution >= 4 is 10.0 Å². The van der Waals surface area contributed by atoms with Gasteiger partial charge >= 0.3 is 0 Å². The Morgan fingerprint density at radius 2 is 2.00 bits per heavy atom. The molecule has 5 heteroatoms. The molecule has 0 saturated heterocycles. The van der Waals surface area contributed by atoms with E-state index >= 15 is 0 Å². The number of hydrogen-bond donors (Lipinski definition) is 2. The fourth-order valence-corrected chi connectivity index (χ4v) is 3.21. The average molecular weight is 282 g/mol. The number of rotatable bonds is 8. The molecular weight excluding hydrogens is 260 g/mol. The molecule has 1 aliphatic rings. The van der Waals surface area contributed by atoms with Crippen molar-refractivity contribution in [2.75, 3.05) is 18.8 Å². The molecule has 2 rings (SSSR count). The Morgan fingerprint density at radius 3 is 2.68 bits per heavy atom. The maximum Gasteiger partial charge on any atom is 0.212 e. The molecule has 0 spiro atoms. The third-order valence-corrected chi connectivity index (χ3v) is 4.77. The van der Waals surface area contributed by atoms with Gasteiger partial charge in [-0.3, -0.25) is 0 Å². The SMILES string of the molecule is CCNS(=O)(=O)CCNCc1ccccc1C1CC1. The molecule has 0 atom stereocenters. The molecule has 0 heterocycles. The predicted octanol–water partition coefficient (Wildman–Crippen LogP) is 1.59. The summed E-state index contributed by atoms with van der Waals surface area (Å²) in [5.41, 5.74) is 2.72. The summed E-state index contributed by atoms with van der Waals surface area (Å²) in [6.07, 6.45) is 2.57. The monoisotopic (exact) mass is 282 g/mol. The van der Waals surface area contributed by atoms with Crippen LogP contribution in [0.15, 0.2) is 24.3 Å². The van der Waals surface area contributed by atoms with E-state index in [9.17, 15) is 8.42 Å².